The minimum atomic E-state index is -0.480. The molecule has 0 radical (unpaired) electrons. The number of amides is 1. The highest BCUT2D eigenvalue weighted by Crippen LogP contribution is 2.33. The fourth-order valence-corrected chi connectivity index (χ4v) is 5.80. The van der Waals surface area contributed by atoms with E-state index in [2.05, 4.69) is 16.4 Å². The van der Waals surface area contributed by atoms with Crippen LogP contribution in [0.2, 0.25) is 0 Å². The van der Waals surface area contributed by atoms with Gasteiger partial charge >= 0.3 is 0 Å². The molecule has 1 fully saturated rings. The Morgan fingerprint density at radius 2 is 2.04 bits per heavy atom. The number of fused-ring (bicyclic) bond motifs is 2. The van der Waals surface area contributed by atoms with Crippen LogP contribution in [0.3, 0.4) is 0 Å². The summed E-state index contributed by atoms with van der Waals surface area (Å²) in [4.78, 5) is 20.3. The van der Waals surface area contributed by atoms with E-state index in [0.29, 0.717) is 13.1 Å². The van der Waals surface area contributed by atoms with Crippen molar-refractivity contribution >= 4 is 28.1 Å². The summed E-state index contributed by atoms with van der Waals surface area (Å²) in [5.41, 5.74) is 4.79. The van der Waals surface area contributed by atoms with E-state index in [9.17, 15) is 9.90 Å². The number of aromatic nitrogens is 1. The number of β-amino-alcohol motifs (C(OH)–C–C–N with tert-alkyl or cyclic N) is 1. The Kier molecular flexibility index (Phi) is 4.65. The Hall–Kier alpha value is -2.24. The van der Waals surface area contributed by atoms with E-state index in [1.54, 1.807) is 11.3 Å². The molecule has 3 heterocycles. The van der Waals surface area contributed by atoms with Crippen LogP contribution < -0.4 is 0 Å². The number of aliphatic hydroxyl groups excluding tert-OH is 1. The van der Waals surface area contributed by atoms with Crippen LogP contribution in [0.1, 0.15) is 39.2 Å². The van der Waals surface area contributed by atoms with Crippen LogP contribution in [0.5, 0.6) is 0 Å². The zero-order valence-electron chi connectivity index (χ0n) is 15.8. The van der Waals surface area contributed by atoms with Crippen LogP contribution in [0.4, 0.5) is 0 Å². The second kappa shape index (κ2) is 7.30. The standard InChI is InChI=1S/C23H24N2O2S/c26-21-13-25(23(27)22-19-7-2-1-5-16(19)14-28-22)12-17(21)11-15-9-10-24-20-8-4-3-6-18(15)20/h3-4,6,8-10,14,17,21,26H,1-2,5,7,11-13H2/t17-,21-/m1/s1. The number of thiophene rings is 1. The lowest BCUT2D eigenvalue weighted by molar-refractivity contribution is 0.0768. The summed E-state index contributed by atoms with van der Waals surface area (Å²) in [7, 11) is 0. The van der Waals surface area contributed by atoms with Gasteiger partial charge < -0.3 is 10.0 Å². The number of rotatable bonds is 3. The maximum atomic E-state index is 13.2. The van der Waals surface area contributed by atoms with E-state index >= 15 is 0 Å². The lowest BCUT2D eigenvalue weighted by Gasteiger charge is -2.18. The summed E-state index contributed by atoms with van der Waals surface area (Å²) in [6, 6.07) is 10.1. The Bertz CT molecular complexity index is 1020. The summed E-state index contributed by atoms with van der Waals surface area (Å²) in [5, 5.41) is 14.0. The smallest absolute Gasteiger partial charge is 0.264 e. The number of carbonyl (C=O) groups excluding carboxylic acids is 1. The minimum absolute atomic E-state index is 0.0607. The highest BCUT2D eigenvalue weighted by Gasteiger charge is 2.36. The number of aliphatic hydroxyl groups is 1. The molecule has 0 unspecified atom stereocenters. The number of para-hydroxylation sites is 1. The van der Waals surface area contributed by atoms with Gasteiger partial charge in [0.2, 0.25) is 0 Å². The number of benzene rings is 1. The lowest BCUT2D eigenvalue weighted by atomic mass is 9.93. The van der Waals surface area contributed by atoms with Crippen LogP contribution in [-0.4, -0.2) is 40.1 Å². The number of likely N-dealkylation sites (tertiary alicyclic amines) is 1. The number of hydrogen-bond donors (Lipinski definition) is 1. The van der Waals surface area contributed by atoms with Gasteiger partial charge in [0.1, 0.15) is 0 Å². The number of carbonyl (C=O) groups is 1. The molecule has 1 aromatic carbocycles. The summed E-state index contributed by atoms with van der Waals surface area (Å²) >= 11 is 1.59. The maximum Gasteiger partial charge on any atom is 0.264 e. The van der Waals surface area contributed by atoms with Crippen LogP contribution in [0, 0.1) is 5.92 Å². The molecule has 0 saturated carbocycles. The Labute approximate surface area is 168 Å². The van der Waals surface area contributed by atoms with Crippen molar-refractivity contribution in [3.05, 3.63) is 63.5 Å². The number of aryl methyl sites for hydroxylation is 1. The van der Waals surface area contributed by atoms with Gasteiger partial charge in [0.15, 0.2) is 0 Å². The average molecular weight is 393 g/mol. The van der Waals surface area contributed by atoms with Crippen molar-refractivity contribution < 1.29 is 9.90 Å². The van der Waals surface area contributed by atoms with Crippen molar-refractivity contribution in [3.8, 4) is 0 Å². The van der Waals surface area contributed by atoms with Crippen molar-refractivity contribution in [1.82, 2.24) is 9.88 Å². The van der Waals surface area contributed by atoms with E-state index in [1.807, 2.05) is 35.4 Å². The van der Waals surface area contributed by atoms with Gasteiger partial charge in [-0.1, -0.05) is 18.2 Å². The number of hydrogen-bond acceptors (Lipinski definition) is 4. The van der Waals surface area contributed by atoms with E-state index in [0.717, 1.165) is 35.0 Å². The molecule has 4 nitrogen and oxygen atoms in total. The van der Waals surface area contributed by atoms with Gasteiger partial charge in [0, 0.05) is 30.6 Å². The largest absolute Gasteiger partial charge is 0.391 e. The normalized spacial score (nSPS) is 21.8. The predicted molar refractivity (Wildman–Crippen MR) is 112 cm³/mol. The van der Waals surface area contributed by atoms with E-state index < -0.39 is 6.10 Å². The lowest BCUT2D eigenvalue weighted by Crippen LogP contribution is -2.30. The topological polar surface area (TPSA) is 53.4 Å². The molecule has 1 aliphatic carbocycles. The molecule has 1 aliphatic heterocycles. The van der Waals surface area contributed by atoms with Gasteiger partial charge in [0.05, 0.1) is 16.5 Å². The first-order valence-electron chi connectivity index (χ1n) is 10.1. The van der Waals surface area contributed by atoms with Crippen LogP contribution in [0.15, 0.2) is 41.9 Å². The third kappa shape index (κ3) is 3.12. The molecule has 2 aliphatic rings. The van der Waals surface area contributed by atoms with Gasteiger partial charge in [0.25, 0.3) is 5.91 Å². The molecular formula is C23H24N2O2S. The molecule has 1 N–H and O–H groups in total. The highest BCUT2D eigenvalue weighted by molar-refractivity contribution is 7.12. The molecule has 0 bridgehead atoms. The van der Waals surface area contributed by atoms with E-state index in [-0.39, 0.29) is 11.8 Å². The first-order chi connectivity index (χ1) is 13.7. The monoisotopic (exact) mass is 392 g/mol. The molecule has 3 aromatic rings. The van der Waals surface area contributed by atoms with Crippen molar-refractivity contribution in [2.75, 3.05) is 13.1 Å². The SMILES string of the molecule is O=C(c1scc2c1CCCC2)N1C[C@@H](Cc2ccnc3ccccc23)[C@H](O)C1. The first-order valence-corrected chi connectivity index (χ1v) is 11.0. The molecule has 144 valence electrons. The van der Waals surface area contributed by atoms with Crippen LogP contribution >= 0.6 is 11.3 Å². The van der Waals surface area contributed by atoms with E-state index in [4.69, 9.17) is 0 Å². The van der Waals surface area contributed by atoms with Crippen molar-refractivity contribution in [1.29, 1.82) is 0 Å². The fourth-order valence-electron chi connectivity index (χ4n) is 4.68. The minimum Gasteiger partial charge on any atom is -0.391 e. The van der Waals surface area contributed by atoms with Crippen molar-refractivity contribution in [2.24, 2.45) is 5.92 Å². The third-order valence-electron chi connectivity index (χ3n) is 6.21. The molecule has 5 rings (SSSR count). The van der Waals surface area contributed by atoms with Gasteiger partial charge in [-0.05, 0) is 66.3 Å². The average Bonchev–Trinajstić information content (AvgIpc) is 3.32. The molecule has 0 spiro atoms. The first kappa shape index (κ1) is 17.8. The molecule has 1 saturated heterocycles. The summed E-state index contributed by atoms with van der Waals surface area (Å²) < 4.78 is 0. The van der Waals surface area contributed by atoms with Gasteiger partial charge in [-0.15, -0.1) is 11.3 Å². The van der Waals surface area contributed by atoms with Crippen LogP contribution in [-0.2, 0) is 19.3 Å². The molecule has 28 heavy (non-hydrogen) atoms. The predicted octanol–water partition coefficient (Wildman–Crippen LogP) is 3.85. The fraction of sp³-hybridized carbons (Fsp3) is 0.391. The number of nitrogens with zero attached hydrogens (tertiary/aromatic N) is 2. The zero-order valence-corrected chi connectivity index (χ0v) is 16.6. The highest BCUT2D eigenvalue weighted by atomic mass is 32.1. The number of pyridine rings is 1. The van der Waals surface area contributed by atoms with Crippen molar-refractivity contribution in [2.45, 2.75) is 38.2 Å². The Balaban J connectivity index is 1.35. The van der Waals surface area contributed by atoms with Gasteiger partial charge in [-0.2, -0.15) is 0 Å². The summed E-state index contributed by atoms with van der Waals surface area (Å²) in [5.74, 6) is 0.167. The van der Waals surface area contributed by atoms with Gasteiger partial charge in [-0.3, -0.25) is 9.78 Å². The maximum absolute atomic E-state index is 13.2. The Morgan fingerprint density at radius 3 is 2.96 bits per heavy atom. The quantitative estimate of drug-likeness (QED) is 0.737. The Morgan fingerprint density at radius 1 is 1.18 bits per heavy atom. The van der Waals surface area contributed by atoms with Gasteiger partial charge in [-0.25, -0.2) is 0 Å². The molecular weight excluding hydrogens is 368 g/mol. The molecule has 2 atom stereocenters. The molecule has 2 aromatic heterocycles. The zero-order chi connectivity index (χ0) is 19.1. The molecule has 1 amide bonds. The van der Waals surface area contributed by atoms with E-state index in [1.165, 1.54) is 29.5 Å². The second-order valence-corrected chi connectivity index (χ2v) is 8.88. The molecule has 5 heteroatoms. The van der Waals surface area contributed by atoms with Crippen LogP contribution in [0.25, 0.3) is 10.9 Å². The van der Waals surface area contributed by atoms with Crippen molar-refractivity contribution in [3.63, 3.8) is 0 Å². The second-order valence-electron chi connectivity index (χ2n) is 8.00. The summed E-state index contributed by atoms with van der Waals surface area (Å²) in [6.45, 7) is 1.04. The third-order valence-corrected chi connectivity index (χ3v) is 7.27. The summed E-state index contributed by atoms with van der Waals surface area (Å²) in [6.07, 6.45) is 6.62.